The molecule has 0 spiro atoms. The second-order valence-corrected chi connectivity index (χ2v) is 13.7. The first-order valence-corrected chi connectivity index (χ1v) is 17.6. The van der Waals surface area contributed by atoms with Crippen LogP contribution in [0.2, 0.25) is 0 Å². The van der Waals surface area contributed by atoms with Gasteiger partial charge in [0.2, 0.25) is 5.91 Å². The zero-order chi connectivity index (χ0) is 33.5. The minimum atomic E-state index is -0.406. The van der Waals surface area contributed by atoms with Crippen LogP contribution in [0.3, 0.4) is 0 Å². The maximum absolute atomic E-state index is 12.4. The van der Waals surface area contributed by atoms with Gasteiger partial charge in [-0.2, -0.15) is 10.2 Å². The number of hydrogen-bond donors (Lipinski definition) is 2. The molecule has 6 heterocycles. The molecule has 12 heteroatoms. The molecule has 49 heavy (non-hydrogen) atoms. The zero-order valence-electron chi connectivity index (χ0n) is 28.0. The number of imide groups is 1. The van der Waals surface area contributed by atoms with Gasteiger partial charge in [0.15, 0.2) is 5.82 Å². The number of rotatable bonds is 8. The first-order chi connectivity index (χ1) is 23.9. The molecule has 12 nitrogen and oxygen atoms in total. The highest BCUT2D eigenvalue weighted by molar-refractivity contribution is 6.08. The molecule has 3 aromatic heterocycles. The van der Waals surface area contributed by atoms with Crippen molar-refractivity contribution >= 4 is 34.2 Å². The number of fused-ring (bicyclic) bond motifs is 3. The van der Waals surface area contributed by atoms with Crippen LogP contribution in [0.5, 0.6) is 5.75 Å². The van der Waals surface area contributed by atoms with Gasteiger partial charge in [-0.1, -0.05) is 18.2 Å². The van der Waals surface area contributed by atoms with Crippen molar-refractivity contribution in [2.45, 2.75) is 63.3 Å². The van der Waals surface area contributed by atoms with Gasteiger partial charge in [-0.15, -0.1) is 0 Å². The molecule has 0 aliphatic carbocycles. The average molecular weight is 662 g/mol. The number of nitrogens with one attached hydrogen (secondary N) is 1. The van der Waals surface area contributed by atoms with Crippen LogP contribution in [-0.2, 0) is 18.3 Å². The molecule has 2 fully saturated rings. The van der Waals surface area contributed by atoms with E-state index in [2.05, 4.69) is 74.1 Å². The zero-order valence-corrected chi connectivity index (χ0v) is 28.0. The first kappa shape index (κ1) is 31.5. The Bertz CT molecular complexity index is 2030. The number of nitrogens with two attached hydrogens (primary N) is 1. The summed E-state index contributed by atoms with van der Waals surface area (Å²) in [5.41, 5.74) is 14.0. The SMILES string of the molecule is Cn1nc(N2CCC(=O)NC2=O)c2ccc(C3CCN(CCCCc4cc5c(-c6ccc7c(c6)OCCCC7N)ncnn5c4)CC3)cc21. The number of amides is 3. The molecular formula is C37H43N9O3. The number of aryl methyl sites for hydroxylation is 2. The summed E-state index contributed by atoms with van der Waals surface area (Å²) in [7, 11) is 1.91. The van der Waals surface area contributed by atoms with Crippen LogP contribution >= 0.6 is 0 Å². The fourth-order valence-electron chi connectivity index (χ4n) is 7.73. The number of carbonyl (C=O) groups excluding carboxylic acids is 2. The Hall–Kier alpha value is -4.81. The van der Waals surface area contributed by atoms with E-state index in [-0.39, 0.29) is 18.4 Å². The number of anilines is 1. The van der Waals surface area contributed by atoms with Crippen LogP contribution in [0, 0.1) is 0 Å². The van der Waals surface area contributed by atoms with Gasteiger partial charge in [0.25, 0.3) is 0 Å². The van der Waals surface area contributed by atoms with Crippen molar-refractivity contribution in [2.75, 3.05) is 37.7 Å². The summed E-state index contributed by atoms with van der Waals surface area (Å²) >= 11 is 0. The van der Waals surface area contributed by atoms with E-state index in [1.165, 1.54) is 11.1 Å². The second-order valence-electron chi connectivity index (χ2n) is 13.7. The van der Waals surface area contributed by atoms with E-state index in [4.69, 9.17) is 10.5 Å². The maximum Gasteiger partial charge on any atom is 0.329 e. The Morgan fingerprint density at radius 2 is 1.88 bits per heavy atom. The number of hydrogen-bond acceptors (Lipinski definition) is 8. The van der Waals surface area contributed by atoms with Crippen molar-refractivity contribution in [3.8, 4) is 17.0 Å². The Labute approximate surface area is 285 Å². The molecule has 3 aliphatic rings. The van der Waals surface area contributed by atoms with Gasteiger partial charge >= 0.3 is 6.03 Å². The molecule has 8 rings (SSSR count). The highest BCUT2D eigenvalue weighted by atomic mass is 16.5. The normalized spacial score (nSPS) is 19.2. The summed E-state index contributed by atoms with van der Waals surface area (Å²) in [5.74, 6) is 1.73. The van der Waals surface area contributed by atoms with Gasteiger partial charge in [0.05, 0.1) is 23.3 Å². The topological polar surface area (TPSA) is 136 Å². The minimum Gasteiger partial charge on any atom is -0.493 e. The van der Waals surface area contributed by atoms with Crippen molar-refractivity contribution in [3.63, 3.8) is 0 Å². The standard InChI is InChI=1S/C37H43N9O3/c1-43-31-20-26(7-10-29(31)36(42-43)45-17-13-34(47)41-37(45)48)25-11-15-44(16-12-25)14-3-2-5-24-19-32-35(39-23-40-46(32)22-24)27-8-9-28-30(38)6-4-18-49-33(28)21-27/h7-10,19-23,25,30H,2-6,11-18,38H2,1H3,(H,41,47,48). The molecule has 2 saturated heterocycles. The van der Waals surface area contributed by atoms with Crippen LogP contribution < -0.4 is 20.7 Å². The van der Waals surface area contributed by atoms with E-state index in [0.29, 0.717) is 24.9 Å². The number of aromatic nitrogens is 5. The Balaban J connectivity index is 0.851. The smallest absolute Gasteiger partial charge is 0.329 e. The Morgan fingerprint density at radius 1 is 1.00 bits per heavy atom. The number of ether oxygens (including phenoxy) is 1. The molecule has 2 aromatic carbocycles. The maximum atomic E-state index is 12.4. The highest BCUT2D eigenvalue weighted by Gasteiger charge is 2.29. The summed E-state index contributed by atoms with van der Waals surface area (Å²) in [5, 5.41) is 12.5. The van der Waals surface area contributed by atoms with Gasteiger partial charge < -0.3 is 15.4 Å². The molecule has 254 valence electrons. The Morgan fingerprint density at radius 3 is 2.73 bits per heavy atom. The van der Waals surface area contributed by atoms with Crippen LogP contribution in [0.25, 0.3) is 27.7 Å². The number of urea groups is 1. The number of piperidine rings is 1. The lowest BCUT2D eigenvalue weighted by Gasteiger charge is -2.32. The third-order valence-corrected chi connectivity index (χ3v) is 10.5. The van der Waals surface area contributed by atoms with Crippen LogP contribution in [-0.4, -0.2) is 74.0 Å². The van der Waals surface area contributed by atoms with Gasteiger partial charge in [-0.05, 0) is 106 Å². The largest absolute Gasteiger partial charge is 0.493 e. The molecule has 0 radical (unpaired) electrons. The summed E-state index contributed by atoms with van der Waals surface area (Å²) < 4.78 is 9.81. The van der Waals surface area contributed by atoms with Gasteiger partial charge in [0, 0.05) is 48.8 Å². The fourth-order valence-corrected chi connectivity index (χ4v) is 7.73. The number of unbranched alkanes of at least 4 members (excludes halogenated alkanes) is 1. The van der Waals surface area contributed by atoms with E-state index in [0.717, 1.165) is 104 Å². The van der Waals surface area contributed by atoms with E-state index >= 15 is 0 Å². The predicted molar refractivity (Wildman–Crippen MR) is 188 cm³/mol. The minimum absolute atomic E-state index is 0.00732. The Kier molecular flexibility index (Phi) is 8.50. The summed E-state index contributed by atoms with van der Waals surface area (Å²) in [6, 6.07) is 14.6. The second kappa shape index (κ2) is 13.2. The van der Waals surface area contributed by atoms with Crippen molar-refractivity contribution < 1.29 is 14.3 Å². The summed E-state index contributed by atoms with van der Waals surface area (Å²) in [6.45, 7) is 4.32. The number of nitrogens with zero attached hydrogens (tertiary/aromatic N) is 7. The first-order valence-electron chi connectivity index (χ1n) is 17.6. The molecular weight excluding hydrogens is 618 g/mol. The van der Waals surface area contributed by atoms with Gasteiger partial charge in [0.1, 0.15) is 12.1 Å². The predicted octanol–water partition coefficient (Wildman–Crippen LogP) is 5.10. The van der Waals surface area contributed by atoms with Crippen molar-refractivity contribution in [3.05, 3.63) is 71.7 Å². The molecule has 3 N–H and O–H groups in total. The molecule has 5 aromatic rings. The molecule has 3 aliphatic heterocycles. The number of likely N-dealkylation sites (tertiary alicyclic amines) is 1. The van der Waals surface area contributed by atoms with Crippen molar-refractivity contribution in [1.29, 1.82) is 0 Å². The molecule has 1 unspecified atom stereocenters. The molecule has 0 saturated carbocycles. The monoisotopic (exact) mass is 661 g/mol. The third-order valence-electron chi connectivity index (χ3n) is 10.5. The van der Waals surface area contributed by atoms with E-state index in [1.54, 1.807) is 11.2 Å². The van der Waals surface area contributed by atoms with Crippen LogP contribution in [0.4, 0.5) is 10.6 Å². The van der Waals surface area contributed by atoms with Gasteiger partial charge in [-0.25, -0.2) is 14.3 Å². The number of benzene rings is 2. The molecule has 1 atom stereocenters. The summed E-state index contributed by atoms with van der Waals surface area (Å²) in [6.07, 6.45) is 11.5. The van der Waals surface area contributed by atoms with Crippen LogP contribution in [0.1, 0.15) is 73.6 Å². The summed E-state index contributed by atoms with van der Waals surface area (Å²) in [4.78, 5) is 32.9. The quantitative estimate of drug-likeness (QED) is 0.219. The lowest BCUT2D eigenvalue weighted by atomic mass is 9.89. The third kappa shape index (κ3) is 6.26. The lowest BCUT2D eigenvalue weighted by Crippen LogP contribution is -2.49. The average Bonchev–Trinajstić information content (AvgIpc) is 3.62. The van der Waals surface area contributed by atoms with Gasteiger partial charge in [-0.3, -0.25) is 19.7 Å². The van der Waals surface area contributed by atoms with E-state index in [1.807, 2.05) is 16.2 Å². The fraction of sp³-hybridized carbons (Fsp3) is 0.432. The van der Waals surface area contributed by atoms with E-state index < -0.39 is 6.03 Å². The van der Waals surface area contributed by atoms with Crippen molar-refractivity contribution in [2.24, 2.45) is 12.8 Å². The van der Waals surface area contributed by atoms with Crippen molar-refractivity contribution in [1.82, 2.24) is 34.6 Å². The number of carbonyl (C=O) groups is 2. The van der Waals surface area contributed by atoms with E-state index in [9.17, 15) is 9.59 Å². The molecule has 3 amide bonds. The van der Waals surface area contributed by atoms with Crippen LogP contribution in [0.15, 0.2) is 55.0 Å². The highest BCUT2D eigenvalue weighted by Crippen LogP contribution is 2.36. The molecule has 0 bridgehead atoms. The lowest BCUT2D eigenvalue weighted by molar-refractivity contribution is -0.120.